The van der Waals surface area contributed by atoms with Gasteiger partial charge in [-0.15, -0.1) is 0 Å². The molecule has 0 amide bonds. The van der Waals surface area contributed by atoms with Crippen LogP contribution in [0.1, 0.15) is 45.0 Å². The molecule has 114 valence electrons. The number of rotatable bonds is 9. The number of aryl methyl sites for hydroxylation is 1. The van der Waals surface area contributed by atoms with Crippen LogP contribution in [0.2, 0.25) is 0 Å². The molecule has 0 spiro atoms. The Morgan fingerprint density at radius 2 is 1.85 bits per heavy atom. The quantitative estimate of drug-likeness (QED) is 0.727. The van der Waals surface area contributed by atoms with Crippen molar-refractivity contribution in [3.63, 3.8) is 0 Å². The lowest BCUT2D eigenvalue weighted by Gasteiger charge is -2.25. The number of aliphatic hydroxyl groups is 1. The highest BCUT2D eigenvalue weighted by Gasteiger charge is 2.15. The molecule has 5 nitrogen and oxygen atoms in total. The summed E-state index contributed by atoms with van der Waals surface area (Å²) in [5.41, 5.74) is 1.07. The molecule has 1 aromatic rings. The molecule has 0 saturated heterocycles. The molecule has 1 rings (SSSR count). The van der Waals surface area contributed by atoms with Crippen LogP contribution in [0.4, 0.5) is 11.6 Å². The maximum Gasteiger partial charge on any atom is 0.137 e. The Kier molecular flexibility index (Phi) is 7.30. The Hall–Kier alpha value is -1.36. The Labute approximate surface area is 122 Å². The summed E-state index contributed by atoms with van der Waals surface area (Å²) in [6.07, 6.45) is 2.91. The summed E-state index contributed by atoms with van der Waals surface area (Å²) in [7, 11) is 0. The van der Waals surface area contributed by atoms with Crippen molar-refractivity contribution in [2.75, 3.05) is 36.5 Å². The van der Waals surface area contributed by atoms with Crippen molar-refractivity contribution in [2.24, 2.45) is 0 Å². The van der Waals surface area contributed by atoms with E-state index in [1.165, 1.54) is 0 Å². The van der Waals surface area contributed by atoms with Crippen LogP contribution in [0, 0.1) is 6.92 Å². The van der Waals surface area contributed by atoms with Gasteiger partial charge in [0.25, 0.3) is 0 Å². The fourth-order valence-corrected chi connectivity index (χ4v) is 2.15. The van der Waals surface area contributed by atoms with Crippen LogP contribution in [0.3, 0.4) is 0 Å². The minimum absolute atomic E-state index is 0.141. The van der Waals surface area contributed by atoms with Gasteiger partial charge in [-0.05, 0) is 19.8 Å². The maximum atomic E-state index is 9.25. The van der Waals surface area contributed by atoms with Gasteiger partial charge < -0.3 is 15.3 Å². The molecule has 0 aromatic carbocycles. The minimum Gasteiger partial charge on any atom is -0.395 e. The summed E-state index contributed by atoms with van der Waals surface area (Å²) < 4.78 is 0. The lowest BCUT2D eigenvalue weighted by Crippen LogP contribution is -2.30. The van der Waals surface area contributed by atoms with Crippen LogP contribution >= 0.6 is 0 Å². The van der Waals surface area contributed by atoms with Gasteiger partial charge in [0.15, 0.2) is 0 Å². The largest absolute Gasteiger partial charge is 0.395 e. The van der Waals surface area contributed by atoms with Crippen molar-refractivity contribution < 1.29 is 5.11 Å². The molecule has 20 heavy (non-hydrogen) atoms. The predicted octanol–water partition coefficient (Wildman–Crippen LogP) is 2.38. The maximum absolute atomic E-state index is 9.25. The monoisotopic (exact) mass is 280 g/mol. The van der Waals surface area contributed by atoms with E-state index in [9.17, 15) is 5.11 Å². The zero-order valence-electron chi connectivity index (χ0n) is 13.2. The fraction of sp³-hybridized carbons (Fsp3) is 0.733. The number of aromatic nitrogens is 2. The second-order valence-corrected chi connectivity index (χ2v) is 4.93. The summed E-state index contributed by atoms with van der Waals surface area (Å²) >= 11 is 0. The molecule has 1 heterocycles. The normalized spacial score (nSPS) is 10.7. The first-order valence-corrected chi connectivity index (χ1v) is 7.65. The van der Waals surface area contributed by atoms with E-state index in [-0.39, 0.29) is 6.61 Å². The molecule has 0 aliphatic heterocycles. The zero-order chi connectivity index (χ0) is 15.0. The molecular weight excluding hydrogens is 252 g/mol. The van der Waals surface area contributed by atoms with Gasteiger partial charge in [-0.3, -0.25) is 0 Å². The number of hydrogen-bond acceptors (Lipinski definition) is 5. The average molecular weight is 280 g/mol. The standard InChI is InChI=1S/C15H28N4O/c1-5-8-16-14-12(4)15(18-13(7-3)17-14)19(9-6-2)10-11-20/h20H,5-11H2,1-4H3,(H,16,17,18). The number of anilines is 2. The first-order valence-electron chi connectivity index (χ1n) is 7.65. The van der Waals surface area contributed by atoms with E-state index in [0.29, 0.717) is 6.54 Å². The van der Waals surface area contributed by atoms with Gasteiger partial charge in [0, 0.05) is 31.6 Å². The molecule has 2 N–H and O–H groups in total. The van der Waals surface area contributed by atoms with Crippen LogP contribution in [-0.4, -0.2) is 41.3 Å². The molecule has 0 saturated carbocycles. The van der Waals surface area contributed by atoms with E-state index in [2.05, 4.69) is 41.0 Å². The molecule has 0 radical (unpaired) electrons. The highest BCUT2D eigenvalue weighted by molar-refractivity contribution is 5.58. The van der Waals surface area contributed by atoms with E-state index in [4.69, 9.17) is 0 Å². The van der Waals surface area contributed by atoms with Crippen LogP contribution in [-0.2, 0) is 6.42 Å². The Morgan fingerprint density at radius 1 is 1.10 bits per heavy atom. The van der Waals surface area contributed by atoms with Crippen molar-refractivity contribution in [3.05, 3.63) is 11.4 Å². The van der Waals surface area contributed by atoms with E-state index >= 15 is 0 Å². The highest BCUT2D eigenvalue weighted by Crippen LogP contribution is 2.24. The van der Waals surface area contributed by atoms with Crippen molar-refractivity contribution in [1.29, 1.82) is 0 Å². The number of aliphatic hydroxyl groups excluding tert-OH is 1. The molecule has 0 unspecified atom stereocenters. The van der Waals surface area contributed by atoms with E-state index in [0.717, 1.165) is 55.4 Å². The van der Waals surface area contributed by atoms with E-state index in [1.807, 2.05) is 6.92 Å². The van der Waals surface area contributed by atoms with Crippen LogP contribution in [0.25, 0.3) is 0 Å². The third kappa shape index (κ3) is 4.34. The van der Waals surface area contributed by atoms with Gasteiger partial charge >= 0.3 is 0 Å². The first kappa shape index (κ1) is 16.7. The number of nitrogens with zero attached hydrogens (tertiary/aromatic N) is 3. The summed E-state index contributed by atoms with van der Waals surface area (Å²) in [4.78, 5) is 11.4. The Balaban J connectivity index is 3.13. The van der Waals surface area contributed by atoms with E-state index < -0.39 is 0 Å². The lowest BCUT2D eigenvalue weighted by molar-refractivity contribution is 0.301. The van der Waals surface area contributed by atoms with Crippen molar-refractivity contribution in [3.8, 4) is 0 Å². The predicted molar refractivity (Wildman–Crippen MR) is 84.5 cm³/mol. The van der Waals surface area contributed by atoms with Crippen LogP contribution in [0.15, 0.2) is 0 Å². The van der Waals surface area contributed by atoms with E-state index in [1.54, 1.807) is 0 Å². The summed E-state index contributed by atoms with van der Waals surface area (Å²) in [6, 6.07) is 0. The van der Waals surface area contributed by atoms with Crippen molar-refractivity contribution >= 4 is 11.6 Å². The smallest absolute Gasteiger partial charge is 0.137 e. The second kappa shape index (κ2) is 8.74. The van der Waals surface area contributed by atoms with Gasteiger partial charge in [0.2, 0.25) is 0 Å². The van der Waals surface area contributed by atoms with Crippen molar-refractivity contribution in [1.82, 2.24) is 9.97 Å². The Bertz CT molecular complexity index is 403. The molecule has 1 aromatic heterocycles. The molecule has 0 fully saturated rings. The molecule has 0 aliphatic rings. The van der Waals surface area contributed by atoms with Crippen LogP contribution in [0.5, 0.6) is 0 Å². The first-order chi connectivity index (χ1) is 9.67. The van der Waals surface area contributed by atoms with Crippen molar-refractivity contribution in [2.45, 2.75) is 47.0 Å². The number of nitrogens with one attached hydrogen (secondary N) is 1. The molecule has 0 bridgehead atoms. The van der Waals surface area contributed by atoms with Gasteiger partial charge in [-0.25, -0.2) is 9.97 Å². The third-order valence-corrected chi connectivity index (χ3v) is 3.19. The fourth-order valence-electron chi connectivity index (χ4n) is 2.15. The SMILES string of the molecule is CCCNc1nc(CC)nc(N(CCC)CCO)c1C. The lowest BCUT2D eigenvalue weighted by atomic mass is 10.2. The molecule has 0 atom stereocenters. The average Bonchev–Trinajstić information content (AvgIpc) is 2.46. The second-order valence-electron chi connectivity index (χ2n) is 4.93. The molecule has 0 aliphatic carbocycles. The third-order valence-electron chi connectivity index (χ3n) is 3.19. The summed E-state index contributed by atoms with van der Waals surface area (Å²) in [6.45, 7) is 11.0. The van der Waals surface area contributed by atoms with Gasteiger partial charge in [0.05, 0.1) is 6.61 Å². The van der Waals surface area contributed by atoms with Gasteiger partial charge in [-0.2, -0.15) is 0 Å². The summed E-state index contributed by atoms with van der Waals surface area (Å²) in [5, 5.41) is 12.6. The summed E-state index contributed by atoms with van der Waals surface area (Å²) in [5.74, 6) is 2.72. The van der Waals surface area contributed by atoms with Crippen LogP contribution < -0.4 is 10.2 Å². The topological polar surface area (TPSA) is 61.3 Å². The molecule has 5 heteroatoms. The van der Waals surface area contributed by atoms with Gasteiger partial charge in [0.1, 0.15) is 17.5 Å². The Morgan fingerprint density at radius 3 is 2.40 bits per heavy atom. The number of hydrogen-bond donors (Lipinski definition) is 2. The van der Waals surface area contributed by atoms with Gasteiger partial charge in [-0.1, -0.05) is 20.8 Å². The highest BCUT2D eigenvalue weighted by atomic mass is 16.3. The zero-order valence-corrected chi connectivity index (χ0v) is 13.2. The minimum atomic E-state index is 0.141. The molecular formula is C15H28N4O.